The first kappa shape index (κ1) is 29.1. The van der Waals surface area contributed by atoms with Crippen molar-refractivity contribution in [3.8, 4) is 0 Å². The predicted octanol–water partition coefficient (Wildman–Crippen LogP) is 5.67. The minimum atomic E-state index is -0.0461. The molecule has 1 atom stereocenters. The summed E-state index contributed by atoms with van der Waals surface area (Å²) >= 11 is 0. The van der Waals surface area contributed by atoms with Gasteiger partial charge in [0.25, 0.3) is 0 Å². The lowest BCUT2D eigenvalue weighted by Gasteiger charge is -2.21. The van der Waals surface area contributed by atoms with Crippen LogP contribution in [-0.4, -0.2) is 54.6 Å². The molecular weight excluding hydrogens is 378 g/mol. The molecule has 1 N–H and O–H groups in total. The molecule has 0 heterocycles. The van der Waals surface area contributed by atoms with Crippen LogP contribution in [0.25, 0.3) is 0 Å². The third-order valence-corrected chi connectivity index (χ3v) is 5.70. The Morgan fingerprint density at radius 2 is 1.50 bits per heavy atom. The Morgan fingerprint density at radius 1 is 0.867 bits per heavy atom. The van der Waals surface area contributed by atoms with Crippen LogP contribution < -0.4 is 0 Å². The molecule has 1 unspecified atom stereocenters. The largest absolute Gasteiger partial charge is 0.462 e. The van der Waals surface area contributed by atoms with Crippen molar-refractivity contribution in [2.24, 2.45) is 0 Å². The summed E-state index contributed by atoms with van der Waals surface area (Å²) in [5, 5.41) is 9.23. The third kappa shape index (κ3) is 19.0. The number of esters is 1. The van der Waals surface area contributed by atoms with E-state index in [-0.39, 0.29) is 18.7 Å². The molecule has 0 rings (SSSR count). The topological polar surface area (TPSA) is 66.8 Å². The van der Waals surface area contributed by atoms with E-state index in [1.165, 1.54) is 32.1 Å². The van der Waals surface area contributed by atoms with Crippen molar-refractivity contribution in [2.45, 2.75) is 123 Å². The fourth-order valence-electron chi connectivity index (χ4n) is 3.74. The highest BCUT2D eigenvalue weighted by Gasteiger charge is 2.12. The van der Waals surface area contributed by atoms with E-state index in [9.17, 15) is 14.7 Å². The number of nitrogens with zero attached hydrogens (tertiary/aromatic N) is 1. The van der Waals surface area contributed by atoms with Crippen LogP contribution in [0.3, 0.4) is 0 Å². The van der Waals surface area contributed by atoms with Crippen LogP contribution >= 0.6 is 0 Å². The highest BCUT2D eigenvalue weighted by atomic mass is 16.5. The van der Waals surface area contributed by atoms with Gasteiger partial charge in [0.2, 0.25) is 0 Å². The Morgan fingerprint density at radius 3 is 2.13 bits per heavy atom. The minimum absolute atomic E-state index is 0.0461. The standard InChI is InChI=1S/C25H49NO4/c1-3-5-6-7-8-12-17-24(4-2)30-25(29)18-13-11-15-20-26(21-23-28)19-14-9-10-16-22-27/h22,24,28H,3-21,23H2,1-2H3. The summed E-state index contributed by atoms with van der Waals surface area (Å²) in [5.74, 6) is -0.0461. The molecule has 0 aromatic rings. The molecule has 178 valence electrons. The summed E-state index contributed by atoms with van der Waals surface area (Å²) in [7, 11) is 0. The molecule has 5 nitrogen and oxygen atoms in total. The molecular formula is C25H49NO4. The zero-order valence-electron chi connectivity index (χ0n) is 19.9. The van der Waals surface area contributed by atoms with Crippen LogP contribution in [0.5, 0.6) is 0 Å². The van der Waals surface area contributed by atoms with Gasteiger partial charge in [-0.05, 0) is 58.0 Å². The van der Waals surface area contributed by atoms with Gasteiger partial charge in [-0.25, -0.2) is 0 Å². The Labute approximate surface area is 185 Å². The number of aliphatic hydroxyl groups excluding tert-OH is 1. The fraction of sp³-hybridized carbons (Fsp3) is 0.920. The molecule has 0 amide bonds. The van der Waals surface area contributed by atoms with Crippen LogP contribution in [-0.2, 0) is 14.3 Å². The lowest BCUT2D eigenvalue weighted by Crippen LogP contribution is -2.29. The highest BCUT2D eigenvalue weighted by molar-refractivity contribution is 5.69. The first-order valence-corrected chi connectivity index (χ1v) is 12.6. The average molecular weight is 428 g/mol. The third-order valence-electron chi connectivity index (χ3n) is 5.70. The number of ether oxygens (including phenoxy) is 1. The molecule has 0 aliphatic heterocycles. The minimum Gasteiger partial charge on any atom is -0.462 e. The summed E-state index contributed by atoms with van der Waals surface area (Å²) < 4.78 is 5.67. The number of hydrogen-bond acceptors (Lipinski definition) is 5. The second-order valence-electron chi connectivity index (χ2n) is 8.47. The Kier molecular flexibility index (Phi) is 22.0. The Bertz CT molecular complexity index is 389. The number of aldehydes is 1. The SMILES string of the molecule is CCCCCCCCC(CC)OC(=O)CCCCCN(CCO)CCCCCC=O. The van der Waals surface area contributed by atoms with Crippen molar-refractivity contribution in [2.75, 3.05) is 26.2 Å². The fourth-order valence-corrected chi connectivity index (χ4v) is 3.74. The Hall–Kier alpha value is -0.940. The maximum absolute atomic E-state index is 12.1. The van der Waals surface area contributed by atoms with Crippen molar-refractivity contribution < 1.29 is 19.4 Å². The zero-order valence-corrected chi connectivity index (χ0v) is 19.9. The number of unbranched alkanes of at least 4 members (excludes halogenated alkanes) is 10. The molecule has 0 bridgehead atoms. The van der Waals surface area contributed by atoms with Crippen LogP contribution in [0.1, 0.15) is 117 Å². The molecule has 0 aromatic heterocycles. The van der Waals surface area contributed by atoms with Gasteiger partial charge in [-0.15, -0.1) is 0 Å². The Balaban J connectivity index is 3.79. The van der Waals surface area contributed by atoms with E-state index < -0.39 is 0 Å². The lowest BCUT2D eigenvalue weighted by molar-refractivity contribution is -0.149. The van der Waals surface area contributed by atoms with Gasteiger partial charge in [-0.3, -0.25) is 4.79 Å². The number of carbonyl (C=O) groups excluding carboxylic acids is 2. The van der Waals surface area contributed by atoms with Gasteiger partial charge < -0.3 is 19.5 Å². The van der Waals surface area contributed by atoms with Gasteiger partial charge in [0.05, 0.1) is 6.61 Å². The number of hydrogen-bond donors (Lipinski definition) is 1. The smallest absolute Gasteiger partial charge is 0.306 e. The van der Waals surface area contributed by atoms with Crippen molar-refractivity contribution in [3.05, 3.63) is 0 Å². The van der Waals surface area contributed by atoms with Crippen molar-refractivity contribution in [1.29, 1.82) is 0 Å². The van der Waals surface area contributed by atoms with Gasteiger partial charge in [-0.1, -0.05) is 58.8 Å². The zero-order chi connectivity index (χ0) is 22.3. The quantitative estimate of drug-likeness (QED) is 0.129. The molecule has 0 spiro atoms. The molecule has 0 saturated carbocycles. The molecule has 0 saturated heterocycles. The van der Waals surface area contributed by atoms with Gasteiger partial charge in [0, 0.05) is 19.4 Å². The summed E-state index contributed by atoms with van der Waals surface area (Å²) in [5.41, 5.74) is 0. The summed E-state index contributed by atoms with van der Waals surface area (Å²) in [4.78, 5) is 24.8. The lowest BCUT2D eigenvalue weighted by atomic mass is 10.1. The molecule has 0 aliphatic carbocycles. The highest BCUT2D eigenvalue weighted by Crippen LogP contribution is 2.14. The first-order valence-electron chi connectivity index (χ1n) is 12.6. The van der Waals surface area contributed by atoms with Crippen molar-refractivity contribution in [3.63, 3.8) is 0 Å². The summed E-state index contributed by atoms with van der Waals surface area (Å²) in [6.07, 6.45) is 17.8. The summed E-state index contributed by atoms with van der Waals surface area (Å²) in [6.45, 7) is 7.14. The first-order chi connectivity index (χ1) is 14.7. The van der Waals surface area contributed by atoms with Crippen molar-refractivity contribution in [1.82, 2.24) is 4.90 Å². The molecule has 5 heteroatoms. The maximum atomic E-state index is 12.1. The average Bonchev–Trinajstić information content (AvgIpc) is 2.74. The van der Waals surface area contributed by atoms with Crippen molar-refractivity contribution >= 4 is 12.3 Å². The van der Waals surface area contributed by atoms with E-state index in [0.29, 0.717) is 19.4 Å². The van der Waals surface area contributed by atoms with Crippen LogP contribution in [0.4, 0.5) is 0 Å². The van der Waals surface area contributed by atoms with E-state index in [1.807, 2.05) is 0 Å². The van der Waals surface area contributed by atoms with E-state index in [0.717, 1.165) is 77.2 Å². The molecule has 0 fully saturated rings. The van der Waals surface area contributed by atoms with Gasteiger partial charge in [-0.2, -0.15) is 0 Å². The van der Waals surface area contributed by atoms with E-state index >= 15 is 0 Å². The number of rotatable bonds is 23. The molecule has 0 aromatic carbocycles. The van der Waals surface area contributed by atoms with Crippen LogP contribution in [0.15, 0.2) is 0 Å². The van der Waals surface area contributed by atoms with Gasteiger partial charge in [0.15, 0.2) is 0 Å². The van der Waals surface area contributed by atoms with Crippen LogP contribution in [0, 0.1) is 0 Å². The van der Waals surface area contributed by atoms with E-state index in [1.54, 1.807) is 0 Å². The molecule has 0 radical (unpaired) electrons. The molecule has 30 heavy (non-hydrogen) atoms. The van der Waals surface area contributed by atoms with E-state index in [2.05, 4.69) is 18.7 Å². The summed E-state index contributed by atoms with van der Waals surface area (Å²) in [6, 6.07) is 0. The predicted molar refractivity (Wildman–Crippen MR) is 125 cm³/mol. The molecule has 0 aliphatic rings. The second kappa shape index (κ2) is 22.7. The number of aliphatic hydroxyl groups is 1. The van der Waals surface area contributed by atoms with E-state index in [4.69, 9.17) is 4.74 Å². The monoisotopic (exact) mass is 427 g/mol. The van der Waals surface area contributed by atoms with Gasteiger partial charge >= 0.3 is 5.97 Å². The van der Waals surface area contributed by atoms with Crippen LogP contribution in [0.2, 0.25) is 0 Å². The number of carbonyl (C=O) groups is 2. The maximum Gasteiger partial charge on any atom is 0.306 e. The normalized spacial score (nSPS) is 12.3. The second-order valence-corrected chi connectivity index (χ2v) is 8.47. The van der Waals surface area contributed by atoms with Gasteiger partial charge in [0.1, 0.15) is 12.4 Å².